The Bertz CT molecular complexity index is 910. The zero-order valence-electron chi connectivity index (χ0n) is 14.3. The fourth-order valence-corrected chi connectivity index (χ4v) is 3.05. The number of carbonyl (C=O) groups is 1. The first-order valence-electron chi connectivity index (χ1n) is 8.46. The van der Waals surface area contributed by atoms with Crippen LogP contribution in [0.2, 0.25) is 5.15 Å². The van der Waals surface area contributed by atoms with Crippen molar-refractivity contribution in [1.82, 2.24) is 25.5 Å². The maximum Gasteiger partial charge on any atom is 0.282 e. The van der Waals surface area contributed by atoms with Crippen LogP contribution in [0.15, 0.2) is 48.9 Å². The second kappa shape index (κ2) is 7.83. The molecule has 1 aliphatic heterocycles. The minimum atomic E-state index is -0.313. The smallest absolute Gasteiger partial charge is 0.282 e. The molecule has 27 heavy (non-hydrogen) atoms. The molecule has 1 atom stereocenters. The average molecular weight is 385 g/mol. The molecule has 1 fully saturated rings. The third-order valence-electron chi connectivity index (χ3n) is 4.21. The number of ether oxygens (including phenoxy) is 1. The molecule has 0 radical (unpaired) electrons. The summed E-state index contributed by atoms with van der Waals surface area (Å²) >= 11 is 5.98. The molecule has 2 N–H and O–H groups in total. The van der Waals surface area contributed by atoms with Gasteiger partial charge in [0.2, 0.25) is 0 Å². The Labute approximate surface area is 160 Å². The number of halogens is 1. The highest BCUT2D eigenvalue weighted by Crippen LogP contribution is 2.28. The Kier molecular flexibility index (Phi) is 5.10. The minimum Gasteiger partial charge on any atom is -0.371 e. The van der Waals surface area contributed by atoms with E-state index in [2.05, 4.69) is 25.5 Å². The van der Waals surface area contributed by atoms with Gasteiger partial charge in [0.05, 0.1) is 30.8 Å². The second-order valence-electron chi connectivity index (χ2n) is 5.97. The highest BCUT2D eigenvalue weighted by Gasteiger charge is 2.23. The standard InChI is InChI=1S/C18H17ClN6O2/c19-16-10-21-11-17(23-16)25(18(26)14-5-6-22-24-14)13-3-1-12(2-4-13)15-9-20-7-8-27-15/h1-6,10-11,15,20H,7-9H2,(H,22,24)/t15-/m1/s1. The second-order valence-corrected chi connectivity index (χ2v) is 6.35. The van der Waals surface area contributed by atoms with Crippen molar-refractivity contribution in [2.24, 2.45) is 0 Å². The molecule has 9 heteroatoms. The Morgan fingerprint density at radius 2 is 2.07 bits per heavy atom. The normalized spacial score (nSPS) is 16.9. The van der Waals surface area contributed by atoms with Crippen LogP contribution in [0.5, 0.6) is 0 Å². The quantitative estimate of drug-likeness (QED) is 0.717. The lowest BCUT2D eigenvalue weighted by Crippen LogP contribution is -2.33. The highest BCUT2D eigenvalue weighted by molar-refractivity contribution is 6.29. The lowest BCUT2D eigenvalue weighted by molar-refractivity contribution is 0.0277. The van der Waals surface area contributed by atoms with E-state index in [1.165, 1.54) is 23.5 Å². The van der Waals surface area contributed by atoms with E-state index in [0.717, 1.165) is 18.7 Å². The average Bonchev–Trinajstić information content (AvgIpc) is 3.24. The number of amides is 1. The maximum absolute atomic E-state index is 13.0. The van der Waals surface area contributed by atoms with Gasteiger partial charge in [-0.2, -0.15) is 5.10 Å². The first-order chi connectivity index (χ1) is 13.2. The minimum absolute atomic E-state index is 0.00415. The predicted molar refractivity (Wildman–Crippen MR) is 100 cm³/mol. The number of benzene rings is 1. The summed E-state index contributed by atoms with van der Waals surface area (Å²) in [6, 6.07) is 9.19. The zero-order chi connectivity index (χ0) is 18.6. The largest absolute Gasteiger partial charge is 0.371 e. The lowest BCUT2D eigenvalue weighted by Gasteiger charge is -2.25. The fraction of sp³-hybridized carbons (Fsp3) is 0.222. The van der Waals surface area contributed by atoms with E-state index in [-0.39, 0.29) is 17.2 Å². The Hall–Kier alpha value is -2.81. The van der Waals surface area contributed by atoms with Crippen molar-refractivity contribution in [3.8, 4) is 0 Å². The summed E-state index contributed by atoms with van der Waals surface area (Å²) in [5, 5.41) is 10.0. The van der Waals surface area contributed by atoms with E-state index in [0.29, 0.717) is 23.8 Å². The monoisotopic (exact) mass is 384 g/mol. The van der Waals surface area contributed by atoms with E-state index in [1.807, 2.05) is 24.3 Å². The van der Waals surface area contributed by atoms with Crippen LogP contribution in [0.3, 0.4) is 0 Å². The number of aromatic amines is 1. The van der Waals surface area contributed by atoms with Crippen LogP contribution < -0.4 is 10.2 Å². The van der Waals surface area contributed by atoms with E-state index >= 15 is 0 Å². The van der Waals surface area contributed by atoms with Crippen LogP contribution in [0.4, 0.5) is 11.5 Å². The Balaban J connectivity index is 1.68. The first-order valence-corrected chi connectivity index (χ1v) is 8.84. The number of hydrogen-bond acceptors (Lipinski definition) is 6. The summed E-state index contributed by atoms with van der Waals surface area (Å²) in [5.74, 6) is 0.0119. The molecule has 0 bridgehead atoms. The SMILES string of the molecule is O=C(c1ccn[nH]1)N(c1ccc([C@H]2CNCCO2)cc1)c1cncc(Cl)n1. The van der Waals surface area contributed by atoms with Gasteiger partial charge in [0.1, 0.15) is 10.8 Å². The number of H-pyrrole nitrogens is 1. The number of rotatable bonds is 4. The zero-order valence-corrected chi connectivity index (χ0v) is 15.1. The van der Waals surface area contributed by atoms with Gasteiger partial charge in [0.15, 0.2) is 5.82 Å². The summed E-state index contributed by atoms with van der Waals surface area (Å²) in [7, 11) is 0. The third-order valence-corrected chi connectivity index (χ3v) is 4.39. The number of hydrogen-bond donors (Lipinski definition) is 2. The summed E-state index contributed by atoms with van der Waals surface area (Å²) in [5.41, 5.74) is 2.01. The van der Waals surface area contributed by atoms with Gasteiger partial charge in [-0.1, -0.05) is 23.7 Å². The fourth-order valence-electron chi connectivity index (χ4n) is 2.91. The van der Waals surface area contributed by atoms with E-state index < -0.39 is 0 Å². The molecule has 1 aliphatic rings. The molecule has 2 aromatic heterocycles. The van der Waals surface area contributed by atoms with Crippen molar-refractivity contribution in [1.29, 1.82) is 0 Å². The maximum atomic E-state index is 13.0. The molecule has 3 aromatic rings. The third kappa shape index (κ3) is 3.82. The molecule has 1 aromatic carbocycles. The van der Waals surface area contributed by atoms with E-state index in [9.17, 15) is 4.79 Å². The van der Waals surface area contributed by atoms with Crippen LogP contribution in [-0.4, -0.2) is 45.8 Å². The number of morpholine rings is 1. The van der Waals surface area contributed by atoms with Crippen molar-refractivity contribution < 1.29 is 9.53 Å². The van der Waals surface area contributed by atoms with Gasteiger partial charge in [0, 0.05) is 19.3 Å². The summed E-state index contributed by atoms with van der Waals surface area (Å²) < 4.78 is 5.77. The van der Waals surface area contributed by atoms with Crippen molar-refractivity contribution in [3.05, 3.63) is 65.3 Å². The van der Waals surface area contributed by atoms with Crippen LogP contribution in [0, 0.1) is 0 Å². The van der Waals surface area contributed by atoms with Crippen LogP contribution in [-0.2, 0) is 4.74 Å². The molecule has 1 saturated heterocycles. The van der Waals surface area contributed by atoms with Crippen LogP contribution in [0.25, 0.3) is 0 Å². The summed E-state index contributed by atoms with van der Waals surface area (Å²) in [6.07, 6.45) is 4.42. The molecule has 0 aliphatic carbocycles. The van der Waals surface area contributed by atoms with Crippen LogP contribution in [0.1, 0.15) is 22.2 Å². The van der Waals surface area contributed by atoms with E-state index in [4.69, 9.17) is 16.3 Å². The lowest BCUT2D eigenvalue weighted by atomic mass is 10.1. The van der Waals surface area contributed by atoms with Crippen molar-refractivity contribution in [2.45, 2.75) is 6.10 Å². The Morgan fingerprint density at radius 1 is 1.22 bits per heavy atom. The number of nitrogens with one attached hydrogen (secondary N) is 2. The molecule has 0 saturated carbocycles. The summed E-state index contributed by atoms with van der Waals surface area (Å²) in [4.78, 5) is 22.7. The molecule has 4 rings (SSSR count). The molecule has 1 amide bonds. The van der Waals surface area contributed by atoms with Gasteiger partial charge < -0.3 is 10.1 Å². The van der Waals surface area contributed by atoms with Crippen molar-refractivity contribution >= 4 is 29.0 Å². The Morgan fingerprint density at radius 3 is 2.74 bits per heavy atom. The molecule has 138 valence electrons. The molecular weight excluding hydrogens is 368 g/mol. The first kappa shape index (κ1) is 17.6. The van der Waals surface area contributed by atoms with Gasteiger partial charge in [0.25, 0.3) is 5.91 Å². The highest BCUT2D eigenvalue weighted by atomic mass is 35.5. The molecule has 3 heterocycles. The molecule has 0 unspecified atom stereocenters. The number of carbonyl (C=O) groups excluding carboxylic acids is 1. The number of aromatic nitrogens is 4. The van der Waals surface area contributed by atoms with Gasteiger partial charge in [-0.05, 0) is 23.8 Å². The van der Waals surface area contributed by atoms with Crippen molar-refractivity contribution in [3.63, 3.8) is 0 Å². The van der Waals surface area contributed by atoms with E-state index in [1.54, 1.807) is 6.07 Å². The number of anilines is 2. The van der Waals surface area contributed by atoms with Gasteiger partial charge in [-0.3, -0.25) is 19.8 Å². The topological polar surface area (TPSA) is 96.0 Å². The number of nitrogens with zero attached hydrogens (tertiary/aromatic N) is 4. The van der Waals surface area contributed by atoms with Gasteiger partial charge >= 0.3 is 0 Å². The molecule has 8 nitrogen and oxygen atoms in total. The summed E-state index contributed by atoms with van der Waals surface area (Å²) in [6.45, 7) is 2.29. The molecular formula is C18H17ClN6O2. The predicted octanol–water partition coefficient (Wildman–Crippen LogP) is 2.49. The van der Waals surface area contributed by atoms with Crippen LogP contribution >= 0.6 is 11.6 Å². The van der Waals surface area contributed by atoms with Gasteiger partial charge in [-0.25, -0.2) is 4.98 Å². The van der Waals surface area contributed by atoms with Crippen molar-refractivity contribution in [2.75, 3.05) is 24.6 Å². The molecule has 0 spiro atoms. The van der Waals surface area contributed by atoms with Gasteiger partial charge in [-0.15, -0.1) is 0 Å².